The molecule has 1 rings (SSSR count). The minimum absolute atomic E-state index is 0.226. The molecule has 0 aliphatic heterocycles. The molecule has 2 N–H and O–H groups in total. The van der Waals surface area contributed by atoms with Crippen molar-refractivity contribution in [2.24, 2.45) is 5.73 Å². The molecule has 0 aromatic heterocycles. The van der Waals surface area contributed by atoms with E-state index in [9.17, 15) is 13.2 Å². The second-order valence-electron chi connectivity index (χ2n) is 3.29. The van der Waals surface area contributed by atoms with Gasteiger partial charge in [0.15, 0.2) is 0 Å². The van der Waals surface area contributed by atoms with Gasteiger partial charge in [0.25, 0.3) is 0 Å². The van der Waals surface area contributed by atoms with Gasteiger partial charge in [-0.2, -0.15) is 13.2 Å². The van der Waals surface area contributed by atoms with Gasteiger partial charge < -0.3 is 5.73 Å². The van der Waals surface area contributed by atoms with E-state index in [0.29, 0.717) is 4.90 Å². The van der Waals surface area contributed by atoms with Gasteiger partial charge in [-0.1, -0.05) is 13.0 Å². The number of hydrogen-bond acceptors (Lipinski definition) is 2. The number of nitrogens with two attached hydrogens (primary N) is 1. The van der Waals surface area contributed by atoms with Crippen LogP contribution in [0.1, 0.15) is 18.1 Å². The van der Waals surface area contributed by atoms with Crippen molar-refractivity contribution in [2.75, 3.05) is 12.3 Å². The fraction of sp³-hybridized carbons (Fsp3) is 0.455. The molecule has 1 aromatic rings. The maximum atomic E-state index is 12.7. The average molecular weight is 249 g/mol. The van der Waals surface area contributed by atoms with E-state index in [0.717, 1.165) is 5.75 Å². The molecule has 0 aliphatic carbocycles. The predicted octanol–water partition coefficient (Wildman–Crippen LogP) is 3.32. The second-order valence-corrected chi connectivity index (χ2v) is 4.63. The molecule has 0 saturated heterocycles. The summed E-state index contributed by atoms with van der Waals surface area (Å²) in [5, 5.41) is 0. The van der Waals surface area contributed by atoms with E-state index in [-0.39, 0.29) is 18.5 Å². The largest absolute Gasteiger partial charge is 0.416 e. The first-order valence-electron chi connectivity index (χ1n) is 5.02. The highest BCUT2D eigenvalue weighted by Crippen LogP contribution is 2.34. The summed E-state index contributed by atoms with van der Waals surface area (Å²) in [6.45, 7) is 2.13. The molecule has 0 aliphatic rings. The van der Waals surface area contributed by atoms with Crippen LogP contribution in [0.2, 0.25) is 0 Å². The van der Waals surface area contributed by atoms with E-state index < -0.39 is 11.7 Å². The topological polar surface area (TPSA) is 26.0 Å². The van der Waals surface area contributed by atoms with Crippen LogP contribution in [0.25, 0.3) is 0 Å². The molecule has 1 nitrogen and oxygen atoms in total. The molecule has 0 heterocycles. The molecular formula is C11H14F3NS. The van der Waals surface area contributed by atoms with Gasteiger partial charge in [0, 0.05) is 4.90 Å². The first kappa shape index (κ1) is 13.4. The lowest BCUT2D eigenvalue weighted by atomic mass is 10.0. The Morgan fingerprint density at radius 1 is 1.31 bits per heavy atom. The van der Waals surface area contributed by atoms with Crippen LogP contribution in [-0.4, -0.2) is 12.3 Å². The van der Waals surface area contributed by atoms with Gasteiger partial charge in [-0.05, 0) is 36.4 Å². The van der Waals surface area contributed by atoms with Gasteiger partial charge in [-0.15, -0.1) is 11.8 Å². The van der Waals surface area contributed by atoms with Crippen molar-refractivity contribution in [1.29, 1.82) is 0 Å². The lowest BCUT2D eigenvalue weighted by molar-refractivity contribution is -0.138. The Morgan fingerprint density at radius 2 is 2.00 bits per heavy atom. The summed E-state index contributed by atoms with van der Waals surface area (Å²) in [6.07, 6.45) is -4.04. The van der Waals surface area contributed by atoms with Crippen LogP contribution in [0.5, 0.6) is 0 Å². The predicted molar refractivity (Wildman–Crippen MR) is 60.6 cm³/mol. The fourth-order valence-corrected chi connectivity index (χ4v) is 2.15. The molecule has 0 saturated carbocycles. The van der Waals surface area contributed by atoms with Crippen LogP contribution in [0, 0.1) is 0 Å². The minimum Gasteiger partial charge on any atom is -0.330 e. The molecular weight excluding hydrogens is 235 g/mol. The van der Waals surface area contributed by atoms with Crippen molar-refractivity contribution in [1.82, 2.24) is 0 Å². The molecule has 1 aromatic carbocycles. The monoisotopic (exact) mass is 249 g/mol. The summed E-state index contributed by atoms with van der Waals surface area (Å²) in [5.41, 5.74) is 5.01. The number of halogens is 3. The van der Waals surface area contributed by atoms with Crippen LogP contribution in [0.3, 0.4) is 0 Å². The highest BCUT2D eigenvalue weighted by Gasteiger charge is 2.33. The lowest BCUT2D eigenvalue weighted by Gasteiger charge is -2.13. The summed E-state index contributed by atoms with van der Waals surface area (Å²) in [7, 11) is 0. The Kier molecular flexibility index (Phi) is 4.68. The molecule has 16 heavy (non-hydrogen) atoms. The molecule has 0 fully saturated rings. The third-order valence-electron chi connectivity index (χ3n) is 2.11. The summed E-state index contributed by atoms with van der Waals surface area (Å²) in [5.74, 6) is 0.757. The molecule has 5 heteroatoms. The maximum absolute atomic E-state index is 12.7. The van der Waals surface area contributed by atoms with Crippen LogP contribution in [-0.2, 0) is 12.6 Å². The number of hydrogen-bond donors (Lipinski definition) is 1. The molecule has 90 valence electrons. The maximum Gasteiger partial charge on any atom is 0.416 e. The molecule has 0 unspecified atom stereocenters. The molecule has 0 amide bonds. The SMILES string of the molecule is CCSc1ccc(CCN)c(C(F)(F)F)c1. The summed E-state index contributed by atoms with van der Waals surface area (Å²) >= 11 is 1.40. The van der Waals surface area contributed by atoms with Crippen molar-refractivity contribution in [3.63, 3.8) is 0 Å². The first-order valence-corrected chi connectivity index (χ1v) is 6.00. The van der Waals surface area contributed by atoms with Gasteiger partial charge in [0.1, 0.15) is 0 Å². The van der Waals surface area contributed by atoms with E-state index in [4.69, 9.17) is 5.73 Å². The van der Waals surface area contributed by atoms with Gasteiger partial charge in [0.2, 0.25) is 0 Å². The second kappa shape index (κ2) is 5.59. The minimum atomic E-state index is -4.30. The van der Waals surface area contributed by atoms with Crippen LogP contribution in [0.4, 0.5) is 13.2 Å². The van der Waals surface area contributed by atoms with Crippen molar-refractivity contribution in [3.05, 3.63) is 29.3 Å². The van der Waals surface area contributed by atoms with E-state index in [1.54, 1.807) is 6.07 Å². The zero-order chi connectivity index (χ0) is 12.2. The Labute approximate surface area is 97.2 Å². The Hall–Kier alpha value is -0.680. The van der Waals surface area contributed by atoms with Gasteiger partial charge >= 0.3 is 6.18 Å². The van der Waals surface area contributed by atoms with Crippen molar-refractivity contribution in [3.8, 4) is 0 Å². The van der Waals surface area contributed by atoms with Gasteiger partial charge in [-0.25, -0.2) is 0 Å². The number of thioether (sulfide) groups is 1. The Morgan fingerprint density at radius 3 is 2.50 bits per heavy atom. The highest BCUT2D eigenvalue weighted by molar-refractivity contribution is 7.99. The first-order chi connectivity index (χ1) is 7.49. The van der Waals surface area contributed by atoms with Crippen molar-refractivity contribution in [2.45, 2.75) is 24.4 Å². The summed E-state index contributed by atoms with van der Waals surface area (Å²) in [4.78, 5) is 0.649. The van der Waals surface area contributed by atoms with Crippen LogP contribution >= 0.6 is 11.8 Å². The number of benzene rings is 1. The van der Waals surface area contributed by atoms with Crippen molar-refractivity contribution < 1.29 is 13.2 Å². The molecule has 0 atom stereocenters. The lowest BCUT2D eigenvalue weighted by Crippen LogP contribution is -2.12. The number of alkyl halides is 3. The summed E-state index contributed by atoms with van der Waals surface area (Å²) in [6, 6.07) is 4.45. The van der Waals surface area contributed by atoms with Crippen molar-refractivity contribution >= 4 is 11.8 Å². The van der Waals surface area contributed by atoms with E-state index in [1.165, 1.54) is 23.9 Å². The normalized spacial score (nSPS) is 11.8. The zero-order valence-electron chi connectivity index (χ0n) is 8.97. The number of rotatable bonds is 4. The van der Waals surface area contributed by atoms with Gasteiger partial charge in [0.05, 0.1) is 5.56 Å². The average Bonchev–Trinajstić information content (AvgIpc) is 2.19. The highest BCUT2D eigenvalue weighted by atomic mass is 32.2. The molecule has 0 radical (unpaired) electrons. The Balaban J connectivity index is 3.11. The Bertz CT molecular complexity index is 350. The van der Waals surface area contributed by atoms with E-state index in [2.05, 4.69) is 0 Å². The van der Waals surface area contributed by atoms with Crippen LogP contribution < -0.4 is 5.73 Å². The molecule has 0 bridgehead atoms. The quantitative estimate of drug-likeness (QED) is 0.828. The summed E-state index contributed by atoms with van der Waals surface area (Å²) < 4.78 is 38.2. The fourth-order valence-electron chi connectivity index (χ4n) is 1.45. The molecule has 0 spiro atoms. The van der Waals surface area contributed by atoms with Gasteiger partial charge in [-0.3, -0.25) is 0 Å². The third-order valence-corrected chi connectivity index (χ3v) is 2.99. The zero-order valence-corrected chi connectivity index (χ0v) is 9.79. The smallest absolute Gasteiger partial charge is 0.330 e. The van der Waals surface area contributed by atoms with E-state index >= 15 is 0 Å². The van der Waals surface area contributed by atoms with E-state index in [1.807, 2.05) is 6.92 Å². The standard InChI is InChI=1S/C11H14F3NS/c1-2-16-9-4-3-8(5-6-15)10(7-9)11(12,13)14/h3-4,7H,2,5-6,15H2,1H3. The van der Waals surface area contributed by atoms with Crippen LogP contribution in [0.15, 0.2) is 23.1 Å². The third kappa shape index (κ3) is 3.42.